The van der Waals surface area contributed by atoms with E-state index < -0.39 is 11.9 Å². The van der Waals surface area contributed by atoms with E-state index in [1.165, 1.54) is 12.3 Å². The van der Waals surface area contributed by atoms with Crippen molar-refractivity contribution in [1.82, 2.24) is 10.3 Å². The number of nitrogens with one attached hydrogen (secondary N) is 1. The van der Waals surface area contributed by atoms with Crippen LogP contribution in [0, 0.1) is 11.9 Å². The zero-order valence-electron chi connectivity index (χ0n) is 9.49. The van der Waals surface area contributed by atoms with Crippen molar-refractivity contribution < 1.29 is 13.9 Å². The summed E-state index contributed by atoms with van der Waals surface area (Å²) in [5, 5.41) is 2.71. The molecule has 1 aliphatic heterocycles. The topological polar surface area (TPSA) is 51.2 Å². The number of pyridine rings is 1. The highest BCUT2D eigenvalue weighted by molar-refractivity contribution is 5.94. The van der Waals surface area contributed by atoms with Crippen LogP contribution >= 0.6 is 0 Å². The Bertz CT molecular complexity index is 392. The lowest BCUT2D eigenvalue weighted by Gasteiger charge is -2.22. The smallest absolute Gasteiger partial charge is 0.255 e. The first-order valence-electron chi connectivity index (χ1n) is 5.74. The third-order valence-electron chi connectivity index (χ3n) is 2.81. The molecule has 1 fully saturated rings. The Morgan fingerprint density at radius 2 is 2.53 bits per heavy atom. The fourth-order valence-corrected chi connectivity index (χ4v) is 1.86. The quantitative estimate of drug-likeness (QED) is 0.809. The minimum absolute atomic E-state index is 0.00997. The Hall–Kier alpha value is -1.49. The predicted molar refractivity (Wildman–Crippen MR) is 60.1 cm³/mol. The van der Waals surface area contributed by atoms with Crippen LogP contribution in [0.2, 0.25) is 0 Å². The van der Waals surface area contributed by atoms with Crippen LogP contribution in [0.5, 0.6) is 0 Å². The zero-order valence-corrected chi connectivity index (χ0v) is 9.49. The van der Waals surface area contributed by atoms with Crippen LogP contribution in [-0.2, 0) is 4.74 Å². The Morgan fingerprint density at radius 3 is 3.24 bits per heavy atom. The molecule has 1 N–H and O–H groups in total. The first-order valence-corrected chi connectivity index (χ1v) is 5.74. The molecule has 1 amide bonds. The maximum atomic E-state index is 13.2. The molecule has 5 heteroatoms. The first-order chi connectivity index (χ1) is 8.27. The second-order valence-electron chi connectivity index (χ2n) is 4.13. The highest BCUT2D eigenvalue weighted by Gasteiger charge is 2.17. The van der Waals surface area contributed by atoms with Crippen molar-refractivity contribution in [3.8, 4) is 0 Å². The van der Waals surface area contributed by atoms with E-state index in [1.807, 2.05) is 0 Å². The highest BCUT2D eigenvalue weighted by atomic mass is 19.1. The van der Waals surface area contributed by atoms with Crippen molar-refractivity contribution in [2.75, 3.05) is 19.8 Å². The molecule has 1 saturated heterocycles. The number of carbonyl (C=O) groups excluding carboxylic acids is 1. The van der Waals surface area contributed by atoms with Gasteiger partial charge in [0.1, 0.15) is 0 Å². The van der Waals surface area contributed by atoms with E-state index in [2.05, 4.69) is 10.3 Å². The van der Waals surface area contributed by atoms with Crippen LogP contribution in [0.3, 0.4) is 0 Å². The van der Waals surface area contributed by atoms with Gasteiger partial charge in [0.2, 0.25) is 5.95 Å². The van der Waals surface area contributed by atoms with Gasteiger partial charge in [-0.1, -0.05) is 0 Å². The molecule has 0 radical (unpaired) electrons. The van der Waals surface area contributed by atoms with Gasteiger partial charge in [0.05, 0.1) is 12.2 Å². The molecular weight excluding hydrogens is 223 g/mol. The molecule has 1 atom stereocenters. The van der Waals surface area contributed by atoms with Crippen LogP contribution in [0.1, 0.15) is 23.2 Å². The summed E-state index contributed by atoms with van der Waals surface area (Å²) in [5.41, 5.74) is -0.00997. The average Bonchev–Trinajstić information content (AvgIpc) is 2.38. The summed E-state index contributed by atoms with van der Waals surface area (Å²) in [6.45, 7) is 1.98. The molecule has 2 heterocycles. The molecule has 1 aromatic heterocycles. The summed E-state index contributed by atoms with van der Waals surface area (Å²) in [4.78, 5) is 15.1. The van der Waals surface area contributed by atoms with E-state index in [9.17, 15) is 9.18 Å². The summed E-state index contributed by atoms with van der Waals surface area (Å²) in [7, 11) is 0. The third kappa shape index (κ3) is 3.23. The molecule has 92 valence electrons. The van der Waals surface area contributed by atoms with Gasteiger partial charge in [-0.25, -0.2) is 4.98 Å². The molecule has 1 unspecified atom stereocenters. The average molecular weight is 238 g/mol. The van der Waals surface area contributed by atoms with Gasteiger partial charge in [0.25, 0.3) is 5.91 Å². The molecule has 1 aliphatic rings. The standard InChI is InChI=1S/C12H15FN2O2/c13-11-10(4-1-5-14-11)12(16)15-7-9-3-2-6-17-8-9/h1,4-5,9H,2-3,6-8H2,(H,15,16). The largest absolute Gasteiger partial charge is 0.381 e. The van der Waals surface area contributed by atoms with Crippen molar-refractivity contribution in [2.24, 2.45) is 5.92 Å². The zero-order chi connectivity index (χ0) is 12.1. The molecule has 4 nitrogen and oxygen atoms in total. The van der Waals surface area contributed by atoms with Crippen LogP contribution in [-0.4, -0.2) is 30.6 Å². The van der Waals surface area contributed by atoms with Gasteiger partial charge in [0.15, 0.2) is 0 Å². The lowest BCUT2D eigenvalue weighted by Crippen LogP contribution is -2.33. The van der Waals surface area contributed by atoms with Crippen LogP contribution in [0.15, 0.2) is 18.3 Å². The van der Waals surface area contributed by atoms with Crippen molar-refractivity contribution in [1.29, 1.82) is 0 Å². The second kappa shape index (κ2) is 5.72. The van der Waals surface area contributed by atoms with Gasteiger partial charge in [-0.2, -0.15) is 4.39 Å². The highest BCUT2D eigenvalue weighted by Crippen LogP contribution is 2.12. The fourth-order valence-electron chi connectivity index (χ4n) is 1.86. The van der Waals surface area contributed by atoms with E-state index in [0.717, 1.165) is 19.4 Å². The van der Waals surface area contributed by atoms with Crippen molar-refractivity contribution in [3.05, 3.63) is 29.8 Å². The van der Waals surface area contributed by atoms with Gasteiger partial charge in [-0.3, -0.25) is 4.79 Å². The second-order valence-corrected chi connectivity index (χ2v) is 4.13. The molecule has 0 spiro atoms. The van der Waals surface area contributed by atoms with E-state index in [1.54, 1.807) is 6.07 Å². The van der Waals surface area contributed by atoms with E-state index >= 15 is 0 Å². The van der Waals surface area contributed by atoms with Gasteiger partial charge in [-0.05, 0) is 30.9 Å². The number of hydrogen-bond acceptors (Lipinski definition) is 3. The van der Waals surface area contributed by atoms with Crippen molar-refractivity contribution in [3.63, 3.8) is 0 Å². The fraction of sp³-hybridized carbons (Fsp3) is 0.500. The van der Waals surface area contributed by atoms with Gasteiger partial charge in [0, 0.05) is 19.3 Å². The lowest BCUT2D eigenvalue weighted by molar-refractivity contribution is 0.0536. The molecule has 1 aromatic rings. The maximum absolute atomic E-state index is 13.2. The number of amides is 1. The minimum Gasteiger partial charge on any atom is -0.381 e. The van der Waals surface area contributed by atoms with E-state index in [4.69, 9.17) is 4.74 Å². The molecule has 2 rings (SSSR count). The van der Waals surface area contributed by atoms with Crippen molar-refractivity contribution >= 4 is 5.91 Å². The summed E-state index contributed by atoms with van der Waals surface area (Å²) < 4.78 is 18.5. The maximum Gasteiger partial charge on any atom is 0.255 e. The molecule has 17 heavy (non-hydrogen) atoms. The monoisotopic (exact) mass is 238 g/mol. The number of aromatic nitrogens is 1. The van der Waals surface area contributed by atoms with Crippen molar-refractivity contribution in [2.45, 2.75) is 12.8 Å². The van der Waals surface area contributed by atoms with E-state index in [-0.39, 0.29) is 5.56 Å². The van der Waals surface area contributed by atoms with Gasteiger partial charge >= 0.3 is 0 Å². The van der Waals surface area contributed by atoms with Crippen LogP contribution < -0.4 is 5.32 Å². The van der Waals surface area contributed by atoms with Crippen LogP contribution in [0.25, 0.3) is 0 Å². The SMILES string of the molecule is O=C(NCC1CCCOC1)c1cccnc1F. The minimum atomic E-state index is -0.732. The Morgan fingerprint density at radius 1 is 1.65 bits per heavy atom. The summed E-state index contributed by atoms with van der Waals surface area (Å²) >= 11 is 0. The summed E-state index contributed by atoms with van der Waals surface area (Å²) in [6, 6.07) is 2.97. The lowest BCUT2D eigenvalue weighted by atomic mass is 10.0. The molecule has 0 aromatic carbocycles. The number of ether oxygens (including phenoxy) is 1. The predicted octanol–water partition coefficient (Wildman–Crippen LogP) is 1.38. The van der Waals surface area contributed by atoms with Gasteiger partial charge in [-0.15, -0.1) is 0 Å². The van der Waals surface area contributed by atoms with E-state index in [0.29, 0.717) is 19.1 Å². The number of nitrogens with zero attached hydrogens (tertiary/aromatic N) is 1. The molecule has 0 saturated carbocycles. The Balaban J connectivity index is 1.87. The first kappa shape index (κ1) is 12.0. The molecule has 0 bridgehead atoms. The Kier molecular flexibility index (Phi) is 4.03. The summed E-state index contributed by atoms with van der Waals surface area (Å²) in [5.74, 6) is -0.821. The summed E-state index contributed by atoms with van der Waals surface area (Å²) in [6.07, 6.45) is 3.37. The number of carbonyl (C=O) groups is 1. The number of rotatable bonds is 3. The number of hydrogen-bond donors (Lipinski definition) is 1. The van der Waals surface area contributed by atoms with Crippen LogP contribution in [0.4, 0.5) is 4.39 Å². The number of halogens is 1. The Labute approximate surface area is 99.2 Å². The van der Waals surface area contributed by atoms with Gasteiger partial charge < -0.3 is 10.1 Å². The third-order valence-corrected chi connectivity index (χ3v) is 2.81. The normalized spacial score (nSPS) is 19.9. The molecule has 0 aliphatic carbocycles. The molecular formula is C12H15FN2O2.